The van der Waals surface area contributed by atoms with E-state index in [9.17, 15) is 8.42 Å². The van der Waals surface area contributed by atoms with Crippen molar-refractivity contribution < 1.29 is 13.5 Å². The predicted molar refractivity (Wildman–Crippen MR) is 64.9 cm³/mol. The second-order valence-corrected chi connectivity index (χ2v) is 6.11. The van der Waals surface area contributed by atoms with Crippen molar-refractivity contribution in [1.82, 2.24) is 0 Å². The lowest BCUT2D eigenvalue weighted by Gasteiger charge is -2.05. The first kappa shape index (κ1) is 11.5. The van der Waals surface area contributed by atoms with Crippen LogP contribution in [0.15, 0.2) is 17.0 Å². The first-order valence-electron chi connectivity index (χ1n) is 3.03. The molecule has 1 aromatic carbocycles. The monoisotopic (exact) mass is 425 g/mol. The summed E-state index contributed by atoms with van der Waals surface area (Å²) in [6.07, 6.45) is 0. The van der Waals surface area contributed by atoms with Crippen molar-refractivity contribution in [2.24, 2.45) is 5.14 Å². The first-order chi connectivity index (χ1) is 5.82. The van der Waals surface area contributed by atoms with Gasteiger partial charge in [0.05, 0.1) is 0 Å². The van der Waals surface area contributed by atoms with Gasteiger partial charge in [0.15, 0.2) is 0 Å². The maximum Gasteiger partial charge on any atom is 0.240 e. The second-order valence-electron chi connectivity index (χ2n) is 2.28. The number of nitrogens with two attached hydrogens (primary N) is 1. The molecule has 0 unspecified atom stereocenters. The van der Waals surface area contributed by atoms with E-state index in [-0.39, 0.29) is 10.6 Å². The number of primary sulfonamides is 1. The highest BCUT2D eigenvalue weighted by Gasteiger charge is 2.17. The van der Waals surface area contributed by atoms with Gasteiger partial charge in [-0.25, -0.2) is 13.6 Å². The second kappa shape index (κ2) is 3.87. The Balaban J connectivity index is 3.57. The van der Waals surface area contributed by atoms with Crippen LogP contribution in [0.5, 0.6) is 5.75 Å². The van der Waals surface area contributed by atoms with Crippen molar-refractivity contribution in [1.29, 1.82) is 0 Å². The molecule has 0 spiro atoms. The predicted octanol–water partition coefficient (Wildman–Crippen LogP) is 1.25. The van der Waals surface area contributed by atoms with Gasteiger partial charge in [-0.15, -0.1) is 0 Å². The molecule has 0 radical (unpaired) electrons. The van der Waals surface area contributed by atoms with E-state index in [0.717, 1.165) is 0 Å². The molecule has 0 heterocycles. The van der Waals surface area contributed by atoms with Crippen LogP contribution in [0.3, 0.4) is 0 Å². The van der Waals surface area contributed by atoms with E-state index in [1.807, 2.05) is 45.2 Å². The third-order valence-corrected chi connectivity index (χ3v) is 4.71. The number of aromatic hydroxyl groups is 1. The molecular weight excluding hydrogens is 420 g/mol. The first-order valence-corrected chi connectivity index (χ1v) is 6.73. The Morgan fingerprint density at radius 2 is 1.62 bits per heavy atom. The van der Waals surface area contributed by atoms with E-state index in [4.69, 9.17) is 10.2 Å². The van der Waals surface area contributed by atoms with Gasteiger partial charge in [0.25, 0.3) is 0 Å². The molecule has 0 aliphatic heterocycles. The zero-order valence-electron chi connectivity index (χ0n) is 6.16. The van der Waals surface area contributed by atoms with Crippen molar-refractivity contribution in [3.63, 3.8) is 0 Å². The molecule has 0 aromatic heterocycles. The number of phenols is 1. The largest absolute Gasteiger partial charge is 0.508 e. The molecule has 0 fully saturated rings. The number of phenolic OH excluding ortho intramolecular Hbond substituents is 1. The molecule has 4 nitrogen and oxygen atoms in total. The summed E-state index contributed by atoms with van der Waals surface area (Å²) in [6.45, 7) is 0. The number of halogens is 2. The van der Waals surface area contributed by atoms with Crippen LogP contribution >= 0.6 is 45.2 Å². The maximum atomic E-state index is 11.1. The highest BCUT2D eigenvalue weighted by Crippen LogP contribution is 2.27. The number of benzene rings is 1. The number of rotatable bonds is 1. The molecule has 0 aliphatic carbocycles. The lowest BCUT2D eigenvalue weighted by Crippen LogP contribution is -2.15. The van der Waals surface area contributed by atoms with Crippen LogP contribution in [0.2, 0.25) is 0 Å². The minimum absolute atomic E-state index is 0.0289. The van der Waals surface area contributed by atoms with E-state index in [2.05, 4.69) is 0 Å². The van der Waals surface area contributed by atoms with E-state index in [0.29, 0.717) is 7.14 Å². The Morgan fingerprint density at radius 3 is 1.92 bits per heavy atom. The normalized spacial score (nSPS) is 11.6. The van der Waals surface area contributed by atoms with Gasteiger partial charge >= 0.3 is 0 Å². The third-order valence-electron chi connectivity index (χ3n) is 1.27. The Hall–Kier alpha value is 0.390. The molecule has 72 valence electrons. The van der Waals surface area contributed by atoms with E-state index < -0.39 is 10.0 Å². The van der Waals surface area contributed by atoms with E-state index >= 15 is 0 Å². The molecule has 13 heavy (non-hydrogen) atoms. The van der Waals surface area contributed by atoms with Gasteiger partial charge in [0, 0.05) is 7.14 Å². The summed E-state index contributed by atoms with van der Waals surface area (Å²) in [7, 11) is -3.71. The number of sulfonamides is 1. The molecule has 0 saturated carbocycles. The van der Waals surface area contributed by atoms with Crippen molar-refractivity contribution in [2.45, 2.75) is 4.90 Å². The van der Waals surface area contributed by atoms with Crippen LogP contribution in [-0.4, -0.2) is 13.5 Å². The fourth-order valence-electron chi connectivity index (χ4n) is 0.818. The van der Waals surface area contributed by atoms with Crippen LogP contribution in [0.1, 0.15) is 0 Å². The van der Waals surface area contributed by atoms with Crippen LogP contribution in [-0.2, 0) is 10.0 Å². The molecule has 0 bridgehead atoms. The van der Waals surface area contributed by atoms with Crippen LogP contribution in [0.4, 0.5) is 0 Å². The van der Waals surface area contributed by atoms with Gasteiger partial charge in [0.2, 0.25) is 10.0 Å². The molecule has 0 saturated heterocycles. The van der Waals surface area contributed by atoms with Crippen molar-refractivity contribution in [3.8, 4) is 5.75 Å². The Kier molecular flexibility index (Phi) is 3.41. The van der Waals surface area contributed by atoms with Crippen LogP contribution < -0.4 is 5.14 Å². The van der Waals surface area contributed by atoms with Crippen molar-refractivity contribution in [2.75, 3.05) is 0 Å². The van der Waals surface area contributed by atoms with Gasteiger partial charge in [0.1, 0.15) is 10.6 Å². The molecule has 0 atom stereocenters. The van der Waals surface area contributed by atoms with E-state index in [1.165, 1.54) is 12.1 Å². The van der Waals surface area contributed by atoms with Gasteiger partial charge < -0.3 is 5.11 Å². The van der Waals surface area contributed by atoms with Crippen molar-refractivity contribution in [3.05, 3.63) is 19.3 Å². The summed E-state index contributed by atoms with van der Waals surface area (Å²) in [4.78, 5) is 0.0616. The minimum Gasteiger partial charge on any atom is -0.508 e. The standard InChI is InChI=1S/C6H5I2NO3S/c7-4-1-3(10)2-5(8)6(4)13(9,11)12/h1-2,10H,(H2,9,11,12). The highest BCUT2D eigenvalue weighted by molar-refractivity contribution is 14.1. The summed E-state index contributed by atoms with van der Waals surface area (Å²) in [5, 5.41) is 14.1. The van der Waals surface area contributed by atoms with E-state index in [1.54, 1.807) is 0 Å². The average molecular weight is 425 g/mol. The topological polar surface area (TPSA) is 80.4 Å². The van der Waals surface area contributed by atoms with Crippen LogP contribution in [0.25, 0.3) is 0 Å². The quantitative estimate of drug-likeness (QED) is 0.666. The molecular formula is C6H5I2NO3S. The highest BCUT2D eigenvalue weighted by atomic mass is 127. The third kappa shape index (κ3) is 2.67. The summed E-state index contributed by atoms with van der Waals surface area (Å²) in [6, 6.07) is 2.70. The number of hydrogen-bond donors (Lipinski definition) is 2. The van der Waals surface area contributed by atoms with Gasteiger partial charge in [-0.3, -0.25) is 0 Å². The maximum absolute atomic E-state index is 11.1. The van der Waals surface area contributed by atoms with Gasteiger partial charge in [-0.05, 0) is 57.3 Å². The summed E-state index contributed by atoms with van der Waals surface area (Å²) >= 11 is 3.63. The SMILES string of the molecule is NS(=O)(=O)c1c(I)cc(O)cc1I. The molecule has 3 N–H and O–H groups in total. The fraction of sp³-hybridized carbons (Fsp3) is 0. The molecule has 1 aromatic rings. The Morgan fingerprint density at radius 1 is 1.23 bits per heavy atom. The average Bonchev–Trinajstić information content (AvgIpc) is 1.78. The molecule has 0 aliphatic rings. The fourth-order valence-corrected chi connectivity index (χ4v) is 5.06. The lowest BCUT2D eigenvalue weighted by atomic mass is 10.3. The minimum atomic E-state index is -3.71. The Bertz CT molecular complexity index is 420. The molecule has 7 heteroatoms. The zero-order chi connectivity index (χ0) is 10.2. The summed E-state index contributed by atoms with van der Waals surface area (Å²) in [5.41, 5.74) is 0. The molecule has 1 rings (SSSR count). The Labute approximate surface area is 103 Å². The number of hydrogen-bond acceptors (Lipinski definition) is 3. The van der Waals surface area contributed by atoms with Crippen LogP contribution in [0, 0.1) is 7.14 Å². The van der Waals surface area contributed by atoms with Gasteiger partial charge in [-0.2, -0.15) is 0 Å². The summed E-state index contributed by atoms with van der Waals surface area (Å²) < 4.78 is 23.0. The summed E-state index contributed by atoms with van der Waals surface area (Å²) in [5.74, 6) is 0.0289. The lowest BCUT2D eigenvalue weighted by molar-refractivity contribution is 0.473. The molecule has 0 amide bonds. The zero-order valence-corrected chi connectivity index (χ0v) is 11.3. The van der Waals surface area contributed by atoms with Gasteiger partial charge in [-0.1, -0.05) is 0 Å². The smallest absolute Gasteiger partial charge is 0.240 e. The van der Waals surface area contributed by atoms with Crippen molar-refractivity contribution >= 4 is 55.2 Å².